The summed E-state index contributed by atoms with van der Waals surface area (Å²) in [6, 6.07) is 18.3. The molecule has 0 aliphatic carbocycles. The summed E-state index contributed by atoms with van der Waals surface area (Å²) in [6.07, 6.45) is 0. The normalized spacial score (nSPS) is 10.6. The Morgan fingerprint density at radius 2 is 1.62 bits per heavy atom. The van der Waals surface area contributed by atoms with Gasteiger partial charge in [0.25, 0.3) is 0 Å². The second-order valence-electron chi connectivity index (χ2n) is 6.09. The zero-order chi connectivity index (χ0) is 18.8. The van der Waals surface area contributed by atoms with E-state index in [4.69, 9.17) is 17.0 Å². The van der Waals surface area contributed by atoms with Crippen molar-refractivity contribution in [2.75, 3.05) is 38.6 Å². The van der Waals surface area contributed by atoms with E-state index in [1.54, 1.807) is 7.11 Å². The third kappa shape index (κ3) is 6.32. The van der Waals surface area contributed by atoms with Crippen molar-refractivity contribution in [2.24, 2.45) is 0 Å². The van der Waals surface area contributed by atoms with E-state index in [1.165, 1.54) is 5.56 Å². The molecule has 2 aromatic carbocycles. The maximum atomic E-state index is 5.71. The molecule has 26 heavy (non-hydrogen) atoms. The molecule has 0 heterocycles. The molecule has 0 bridgehead atoms. The summed E-state index contributed by atoms with van der Waals surface area (Å²) in [5, 5.41) is 4.10. The number of nitrogens with zero attached hydrogens (tertiary/aromatic N) is 2. The molecule has 0 aromatic heterocycles. The van der Waals surface area contributed by atoms with Crippen LogP contribution in [0.1, 0.15) is 19.4 Å². The number of hydrogen-bond acceptors (Lipinski definition) is 3. The smallest absolute Gasteiger partial charge is 0.173 e. The van der Waals surface area contributed by atoms with Gasteiger partial charge in [-0.3, -0.25) is 0 Å². The van der Waals surface area contributed by atoms with E-state index in [2.05, 4.69) is 53.2 Å². The number of benzene rings is 2. The van der Waals surface area contributed by atoms with Crippen molar-refractivity contribution < 1.29 is 4.74 Å². The average Bonchev–Trinajstić information content (AvgIpc) is 2.69. The molecule has 0 spiro atoms. The summed E-state index contributed by atoms with van der Waals surface area (Å²) in [5.74, 6) is 0.837. The molecule has 0 saturated heterocycles. The molecule has 0 unspecified atom stereocenters. The van der Waals surface area contributed by atoms with Crippen molar-refractivity contribution in [3.63, 3.8) is 0 Å². The SMILES string of the molecule is CCN(CC)CCN(Cc1ccccc1)C(=S)Nc1ccc(OC)cc1. The Kier molecular flexibility index (Phi) is 8.38. The number of thiocarbonyl (C=S) groups is 1. The highest BCUT2D eigenvalue weighted by Crippen LogP contribution is 2.16. The molecule has 0 aliphatic heterocycles. The maximum Gasteiger partial charge on any atom is 0.173 e. The standard InChI is InChI=1S/C21H29N3OS/c1-4-23(5-2)15-16-24(17-18-9-7-6-8-10-18)21(26)22-19-11-13-20(25-3)14-12-19/h6-14H,4-5,15-17H2,1-3H3,(H,22,26). The van der Waals surface area contributed by atoms with Crippen LogP contribution in [-0.2, 0) is 6.54 Å². The largest absolute Gasteiger partial charge is 0.497 e. The van der Waals surface area contributed by atoms with Crippen molar-refractivity contribution in [1.82, 2.24) is 9.80 Å². The molecule has 0 fully saturated rings. The van der Waals surface area contributed by atoms with Crippen LogP contribution >= 0.6 is 12.2 Å². The van der Waals surface area contributed by atoms with Crippen LogP contribution < -0.4 is 10.1 Å². The van der Waals surface area contributed by atoms with Crippen molar-refractivity contribution >= 4 is 23.0 Å². The molecule has 0 saturated carbocycles. The first kappa shape index (κ1) is 20.2. The van der Waals surface area contributed by atoms with Gasteiger partial charge in [-0.2, -0.15) is 0 Å². The summed E-state index contributed by atoms with van der Waals surface area (Å²) >= 11 is 5.71. The Morgan fingerprint density at radius 1 is 0.962 bits per heavy atom. The number of rotatable bonds is 9. The number of ether oxygens (including phenoxy) is 1. The Hall–Kier alpha value is -2.11. The molecule has 0 amide bonds. The van der Waals surface area contributed by atoms with Crippen molar-refractivity contribution in [3.05, 3.63) is 60.2 Å². The highest BCUT2D eigenvalue weighted by Gasteiger charge is 2.12. The van der Waals surface area contributed by atoms with E-state index in [0.29, 0.717) is 0 Å². The Morgan fingerprint density at radius 3 is 2.19 bits per heavy atom. The molecule has 140 valence electrons. The number of likely N-dealkylation sites (N-methyl/N-ethyl adjacent to an activating group) is 1. The van der Waals surface area contributed by atoms with E-state index in [0.717, 1.165) is 49.3 Å². The highest BCUT2D eigenvalue weighted by atomic mass is 32.1. The quantitative estimate of drug-likeness (QED) is 0.666. The summed E-state index contributed by atoms with van der Waals surface area (Å²) < 4.78 is 5.21. The molecule has 0 atom stereocenters. The van der Waals surface area contributed by atoms with Gasteiger partial charge in [0.2, 0.25) is 0 Å². The lowest BCUT2D eigenvalue weighted by molar-refractivity contribution is 0.266. The molecular formula is C21H29N3OS. The predicted molar refractivity (Wildman–Crippen MR) is 114 cm³/mol. The second-order valence-corrected chi connectivity index (χ2v) is 6.48. The van der Waals surface area contributed by atoms with E-state index < -0.39 is 0 Å². The third-order valence-corrected chi connectivity index (χ3v) is 4.79. The zero-order valence-corrected chi connectivity index (χ0v) is 16.8. The fourth-order valence-corrected chi connectivity index (χ4v) is 3.01. The van der Waals surface area contributed by atoms with Gasteiger partial charge in [0.15, 0.2) is 5.11 Å². The Bertz CT molecular complexity index is 657. The first-order chi connectivity index (χ1) is 12.7. The highest BCUT2D eigenvalue weighted by molar-refractivity contribution is 7.80. The monoisotopic (exact) mass is 371 g/mol. The first-order valence-corrected chi connectivity index (χ1v) is 9.53. The van der Waals surface area contributed by atoms with Crippen LogP contribution in [0, 0.1) is 0 Å². The maximum absolute atomic E-state index is 5.71. The molecule has 0 aliphatic rings. The number of anilines is 1. The second kappa shape index (κ2) is 10.8. The number of methoxy groups -OCH3 is 1. The van der Waals surface area contributed by atoms with E-state index in [-0.39, 0.29) is 0 Å². The van der Waals surface area contributed by atoms with Crippen LogP contribution in [0.5, 0.6) is 5.75 Å². The lowest BCUT2D eigenvalue weighted by Gasteiger charge is -2.29. The number of hydrogen-bond donors (Lipinski definition) is 1. The minimum Gasteiger partial charge on any atom is -0.497 e. The molecule has 4 nitrogen and oxygen atoms in total. The van der Waals surface area contributed by atoms with Crippen LogP contribution in [0.2, 0.25) is 0 Å². The molecule has 2 rings (SSSR count). The molecule has 1 N–H and O–H groups in total. The summed E-state index contributed by atoms with van der Waals surface area (Å²) in [7, 11) is 1.67. The molecular weight excluding hydrogens is 342 g/mol. The van der Waals surface area contributed by atoms with Crippen molar-refractivity contribution in [3.8, 4) is 5.75 Å². The van der Waals surface area contributed by atoms with Crippen LogP contribution in [0.4, 0.5) is 5.69 Å². The van der Waals surface area contributed by atoms with Crippen LogP contribution in [0.3, 0.4) is 0 Å². The Labute approximate surface area is 162 Å². The van der Waals surface area contributed by atoms with Crippen LogP contribution in [-0.4, -0.2) is 48.2 Å². The van der Waals surface area contributed by atoms with E-state index in [9.17, 15) is 0 Å². The van der Waals surface area contributed by atoms with Crippen molar-refractivity contribution in [1.29, 1.82) is 0 Å². The molecule has 2 aromatic rings. The fraction of sp³-hybridized carbons (Fsp3) is 0.381. The van der Waals surface area contributed by atoms with Crippen LogP contribution in [0.15, 0.2) is 54.6 Å². The van der Waals surface area contributed by atoms with Crippen LogP contribution in [0.25, 0.3) is 0 Å². The van der Waals surface area contributed by atoms with Gasteiger partial charge in [-0.25, -0.2) is 0 Å². The number of nitrogens with one attached hydrogen (secondary N) is 1. The molecule has 0 radical (unpaired) electrons. The van der Waals surface area contributed by atoms with Gasteiger partial charge >= 0.3 is 0 Å². The Balaban J connectivity index is 2.05. The van der Waals surface area contributed by atoms with E-state index in [1.807, 2.05) is 30.3 Å². The van der Waals surface area contributed by atoms with Gasteiger partial charge in [-0.1, -0.05) is 44.2 Å². The van der Waals surface area contributed by atoms with Crippen molar-refractivity contribution in [2.45, 2.75) is 20.4 Å². The average molecular weight is 372 g/mol. The van der Waals surface area contributed by atoms with Gasteiger partial charge in [-0.15, -0.1) is 0 Å². The lowest BCUT2D eigenvalue weighted by atomic mass is 10.2. The predicted octanol–water partition coefficient (Wildman–Crippen LogP) is 4.24. The van der Waals surface area contributed by atoms with Gasteiger partial charge < -0.3 is 19.9 Å². The van der Waals surface area contributed by atoms with Gasteiger partial charge in [0.05, 0.1) is 7.11 Å². The fourth-order valence-electron chi connectivity index (χ4n) is 2.74. The third-order valence-electron chi connectivity index (χ3n) is 4.43. The summed E-state index contributed by atoms with van der Waals surface area (Å²) in [6.45, 7) is 9.16. The summed E-state index contributed by atoms with van der Waals surface area (Å²) in [5.41, 5.74) is 2.22. The topological polar surface area (TPSA) is 27.7 Å². The minimum absolute atomic E-state index is 0.742. The molecule has 5 heteroatoms. The van der Waals surface area contributed by atoms with Gasteiger partial charge in [0.1, 0.15) is 5.75 Å². The summed E-state index contributed by atoms with van der Waals surface area (Å²) in [4.78, 5) is 4.64. The van der Waals surface area contributed by atoms with E-state index >= 15 is 0 Å². The zero-order valence-electron chi connectivity index (χ0n) is 15.9. The minimum atomic E-state index is 0.742. The van der Waals surface area contributed by atoms with Gasteiger partial charge in [-0.05, 0) is 55.1 Å². The lowest BCUT2D eigenvalue weighted by Crippen LogP contribution is -2.40. The first-order valence-electron chi connectivity index (χ1n) is 9.12. The van der Waals surface area contributed by atoms with Gasteiger partial charge in [0, 0.05) is 25.3 Å².